The molecule has 1 aromatic carbocycles. The molecule has 4 rings (SSSR count). The predicted octanol–water partition coefficient (Wildman–Crippen LogP) is 5.48. The van der Waals surface area contributed by atoms with Crippen LogP contribution in [0.1, 0.15) is 67.5 Å². The third-order valence-electron chi connectivity index (χ3n) is 6.88. The first-order valence-electron chi connectivity index (χ1n) is 11.4. The summed E-state index contributed by atoms with van der Waals surface area (Å²) in [6.45, 7) is 6.52. The number of thiophene rings is 1. The van der Waals surface area contributed by atoms with E-state index in [0.717, 1.165) is 41.5 Å². The second-order valence-corrected chi connectivity index (χ2v) is 11.5. The van der Waals surface area contributed by atoms with Gasteiger partial charge in [-0.3, -0.25) is 14.8 Å². The minimum atomic E-state index is -0.0911. The average Bonchev–Trinajstić information content (AvgIpc) is 3.09. The van der Waals surface area contributed by atoms with Crippen molar-refractivity contribution in [2.75, 3.05) is 11.9 Å². The summed E-state index contributed by atoms with van der Waals surface area (Å²) in [5.41, 5.74) is 2.76. The van der Waals surface area contributed by atoms with Gasteiger partial charge in [0.15, 0.2) is 0 Å². The second-order valence-electron chi connectivity index (χ2n) is 9.68. The van der Waals surface area contributed by atoms with Gasteiger partial charge < -0.3 is 5.32 Å². The van der Waals surface area contributed by atoms with Gasteiger partial charge in [0.1, 0.15) is 11.1 Å². The van der Waals surface area contributed by atoms with Gasteiger partial charge in [-0.25, -0.2) is 0 Å². The van der Waals surface area contributed by atoms with Gasteiger partial charge in [-0.1, -0.05) is 31.4 Å². The van der Waals surface area contributed by atoms with Crippen molar-refractivity contribution < 1.29 is 4.79 Å². The Morgan fingerprint density at radius 2 is 2.00 bits per heavy atom. The molecule has 5 nitrogen and oxygen atoms in total. The lowest BCUT2D eigenvalue weighted by Crippen LogP contribution is -2.50. The molecule has 1 saturated carbocycles. The van der Waals surface area contributed by atoms with Crippen molar-refractivity contribution in [3.63, 3.8) is 0 Å². The first kappa shape index (κ1) is 23.3. The molecule has 0 bridgehead atoms. The molecule has 2 aromatic rings. The maximum Gasteiger partial charge on any atom is 0.229 e. The Bertz CT molecular complexity index is 1000. The molecule has 0 radical (unpaired) electrons. The van der Waals surface area contributed by atoms with Crippen molar-refractivity contribution in [1.29, 1.82) is 5.26 Å². The quantitative estimate of drug-likeness (QED) is 0.548. The molecular formula is C25H32N4OS2. The van der Waals surface area contributed by atoms with Crippen LogP contribution >= 0.6 is 23.3 Å². The van der Waals surface area contributed by atoms with Crippen molar-refractivity contribution in [3.8, 4) is 6.07 Å². The van der Waals surface area contributed by atoms with E-state index in [9.17, 15) is 10.1 Å². The molecule has 2 aliphatic rings. The third kappa shape index (κ3) is 5.20. The molecule has 170 valence electrons. The van der Waals surface area contributed by atoms with Gasteiger partial charge in [0.25, 0.3) is 0 Å². The van der Waals surface area contributed by atoms with Crippen LogP contribution in [-0.4, -0.2) is 22.9 Å². The first-order chi connectivity index (χ1) is 15.4. The van der Waals surface area contributed by atoms with Crippen LogP contribution in [0.15, 0.2) is 29.2 Å². The number of anilines is 1. The van der Waals surface area contributed by atoms with Crippen LogP contribution in [0, 0.1) is 17.2 Å². The SMILES string of the molecule is CC1(C)Cc2sc(NC(=O)Cc3ccc(SN)cc3)c(C#N)c2CN1CC1CCCCC1. The van der Waals surface area contributed by atoms with Crippen LogP contribution < -0.4 is 10.5 Å². The predicted molar refractivity (Wildman–Crippen MR) is 133 cm³/mol. The third-order valence-corrected chi connectivity index (χ3v) is 8.57. The average molecular weight is 469 g/mol. The van der Waals surface area contributed by atoms with E-state index in [-0.39, 0.29) is 17.9 Å². The van der Waals surface area contributed by atoms with E-state index in [0.29, 0.717) is 10.6 Å². The molecule has 1 aliphatic carbocycles. The van der Waals surface area contributed by atoms with Crippen LogP contribution in [-0.2, 0) is 24.2 Å². The minimum Gasteiger partial charge on any atom is -0.316 e. The van der Waals surface area contributed by atoms with E-state index in [1.165, 1.54) is 48.9 Å². The molecule has 2 heterocycles. The smallest absolute Gasteiger partial charge is 0.229 e. The number of nitriles is 1. The van der Waals surface area contributed by atoms with Crippen molar-refractivity contribution in [1.82, 2.24) is 4.90 Å². The molecule has 3 N–H and O–H groups in total. The summed E-state index contributed by atoms with van der Waals surface area (Å²) in [5.74, 6) is 0.670. The summed E-state index contributed by atoms with van der Waals surface area (Å²) in [6.07, 6.45) is 7.89. The minimum absolute atomic E-state index is 0.0616. The van der Waals surface area contributed by atoms with E-state index in [1.54, 1.807) is 11.3 Å². The van der Waals surface area contributed by atoms with Gasteiger partial charge in [-0.05, 0) is 62.3 Å². The molecule has 1 aromatic heterocycles. The Morgan fingerprint density at radius 1 is 1.28 bits per heavy atom. The number of nitrogens with zero attached hydrogens (tertiary/aromatic N) is 2. The number of carbonyl (C=O) groups is 1. The maximum absolute atomic E-state index is 12.7. The number of nitrogens with one attached hydrogen (secondary N) is 1. The first-order valence-corrected chi connectivity index (χ1v) is 13.1. The topological polar surface area (TPSA) is 82.1 Å². The zero-order chi connectivity index (χ0) is 22.7. The van der Waals surface area contributed by atoms with Gasteiger partial charge in [0.2, 0.25) is 5.91 Å². The number of hydrogen-bond donors (Lipinski definition) is 2. The summed E-state index contributed by atoms with van der Waals surface area (Å²) in [7, 11) is 0. The molecule has 1 amide bonds. The Morgan fingerprint density at radius 3 is 2.66 bits per heavy atom. The largest absolute Gasteiger partial charge is 0.316 e. The van der Waals surface area contributed by atoms with Crippen LogP contribution in [0.4, 0.5) is 5.00 Å². The Hall–Kier alpha value is -1.85. The number of fused-ring (bicyclic) bond motifs is 1. The standard InChI is InChI=1S/C25H32N4OS2/c1-25(2)13-22-21(16-29(25)15-18-6-4-3-5-7-18)20(14-26)24(31-22)28-23(30)12-17-8-10-19(32-27)11-9-17/h8-11,18H,3-7,12-13,15-16,27H2,1-2H3,(H,28,30). The van der Waals surface area contributed by atoms with Gasteiger partial charge in [-0.2, -0.15) is 5.26 Å². The van der Waals surface area contributed by atoms with E-state index in [2.05, 4.69) is 30.1 Å². The van der Waals surface area contributed by atoms with Crippen molar-refractivity contribution in [3.05, 3.63) is 45.8 Å². The van der Waals surface area contributed by atoms with Gasteiger partial charge in [0, 0.05) is 40.4 Å². The normalized spacial score (nSPS) is 18.7. The summed E-state index contributed by atoms with van der Waals surface area (Å²) < 4.78 is 0. The lowest BCUT2D eigenvalue weighted by Gasteiger charge is -2.44. The number of benzene rings is 1. The molecule has 0 saturated heterocycles. The summed E-state index contributed by atoms with van der Waals surface area (Å²) in [6, 6.07) is 10.1. The van der Waals surface area contributed by atoms with Crippen molar-refractivity contribution in [2.24, 2.45) is 11.1 Å². The fraction of sp³-hybridized carbons (Fsp3) is 0.520. The Kier molecular flexibility index (Phi) is 7.26. The highest BCUT2D eigenvalue weighted by Crippen LogP contribution is 2.42. The molecule has 1 aliphatic heterocycles. The number of rotatable bonds is 6. The number of amides is 1. The number of nitrogens with two attached hydrogens (primary N) is 1. The van der Waals surface area contributed by atoms with E-state index >= 15 is 0 Å². The van der Waals surface area contributed by atoms with Crippen LogP contribution in [0.3, 0.4) is 0 Å². The maximum atomic E-state index is 12.7. The zero-order valence-electron chi connectivity index (χ0n) is 18.9. The molecule has 0 spiro atoms. The molecular weight excluding hydrogens is 436 g/mol. The molecule has 7 heteroatoms. The number of carbonyl (C=O) groups excluding carboxylic acids is 1. The summed E-state index contributed by atoms with van der Waals surface area (Å²) in [4.78, 5) is 17.5. The monoisotopic (exact) mass is 468 g/mol. The molecule has 1 fully saturated rings. The van der Waals surface area contributed by atoms with Gasteiger partial charge >= 0.3 is 0 Å². The Balaban J connectivity index is 1.48. The van der Waals surface area contributed by atoms with E-state index < -0.39 is 0 Å². The zero-order valence-corrected chi connectivity index (χ0v) is 20.6. The lowest BCUT2D eigenvalue weighted by molar-refractivity contribution is -0.115. The van der Waals surface area contributed by atoms with Crippen LogP contribution in [0.5, 0.6) is 0 Å². The van der Waals surface area contributed by atoms with Gasteiger partial charge in [0.05, 0.1) is 12.0 Å². The lowest BCUT2D eigenvalue weighted by atomic mass is 9.84. The molecule has 32 heavy (non-hydrogen) atoms. The van der Waals surface area contributed by atoms with Crippen molar-refractivity contribution in [2.45, 2.75) is 75.8 Å². The van der Waals surface area contributed by atoms with Crippen molar-refractivity contribution >= 4 is 34.2 Å². The highest BCUT2D eigenvalue weighted by atomic mass is 32.2. The molecule has 0 unspecified atom stereocenters. The highest BCUT2D eigenvalue weighted by Gasteiger charge is 2.37. The Labute approximate surface area is 199 Å². The summed E-state index contributed by atoms with van der Waals surface area (Å²) >= 11 is 2.77. The fourth-order valence-corrected chi connectivity index (χ4v) is 6.66. The van der Waals surface area contributed by atoms with E-state index in [4.69, 9.17) is 5.14 Å². The number of hydrogen-bond acceptors (Lipinski definition) is 6. The van der Waals surface area contributed by atoms with E-state index in [1.807, 2.05) is 24.3 Å². The van der Waals surface area contributed by atoms with Gasteiger partial charge in [-0.15, -0.1) is 11.3 Å². The van der Waals surface area contributed by atoms with Crippen LogP contribution in [0.2, 0.25) is 0 Å². The molecule has 0 atom stereocenters. The summed E-state index contributed by atoms with van der Waals surface area (Å²) in [5, 5.41) is 19.2. The second kappa shape index (κ2) is 9.96. The fourth-order valence-electron chi connectivity index (χ4n) is 4.97. The van der Waals surface area contributed by atoms with Crippen LogP contribution in [0.25, 0.3) is 0 Å². The highest BCUT2D eigenvalue weighted by molar-refractivity contribution is 7.97.